The maximum absolute atomic E-state index is 15.0. The quantitative estimate of drug-likeness (QED) is 0.0842. The number of nitrogens with one attached hydrogen (secondary N) is 2. The minimum absolute atomic E-state index is 0.0364. The molecule has 5 nitrogen and oxygen atoms in total. The van der Waals surface area contributed by atoms with Crippen LogP contribution in [0.1, 0.15) is 41.0 Å². The number of anilines is 3. The number of carbonyl (C=O) groups is 2. The number of fused-ring (bicyclic) bond motifs is 3. The van der Waals surface area contributed by atoms with Crippen LogP contribution < -0.4 is 15.5 Å². The molecule has 254 valence electrons. The Morgan fingerprint density at radius 3 is 2.10 bits per heavy atom. The van der Waals surface area contributed by atoms with Crippen molar-refractivity contribution < 1.29 is 40.3 Å². The summed E-state index contributed by atoms with van der Waals surface area (Å²) < 4.78 is 98.2. The smallest absolute Gasteiger partial charge is 0.301 e. The van der Waals surface area contributed by atoms with Gasteiger partial charge in [-0.25, -0.2) is 4.39 Å². The summed E-state index contributed by atoms with van der Waals surface area (Å²) in [5.41, 5.74) is -2.11. The number of amides is 2. The minimum atomic E-state index is -5.09. The van der Waals surface area contributed by atoms with E-state index in [2.05, 4.69) is 10.6 Å². The van der Waals surface area contributed by atoms with Crippen molar-refractivity contribution >= 4 is 73.7 Å². The summed E-state index contributed by atoms with van der Waals surface area (Å²) in [6, 6.07) is 17.5. The lowest BCUT2D eigenvalue weighted by Gasteiger charge is -2.40. The van der Waals surface area contributed by atoms with E-state index >= 15 is 4.39 Å². The van der Waals surface area contributed by atoms with Crippen molar-refractivity contribution in [1.29, 1.82) is 0 Å². The zero-order valence-corrected chi connectivity index (χ0v) is 27.4. The fraction of sp³-hybridized carbons (Fsp3) is 0.139. The second-order valence-corrected chi connectivity index (χ2v) is 13.7. The first-order valence-electron chi connectivity index (χ1n) is 14.9. The van der Waals surface area contributed by atoms with Crippen molar-refractivity contribution in [2.75, 3.05) is 4.90 Å². The highest BCUT2D eigenvalue weighted by Gasteiger charge is 2.42. The van der Waals surface area contributed by atoms with Gasteiger partial charge in [-0.05, 0) is 83.0 Å². The average molecular weight is 726 g/mol. The highest BCUT2D eigenvalue weighted by Crippen LogP contribution is 2.57. The lowest BCUT2D eigenvalue weighted by atomic mass is 9.74. The number of rotatable bonds is 3. The first kappa shape index (κ1) is 33.4. The average Bonchev–Trinajstić information content (AvgIpc) is 3.47. The van der Waals surface area contributed by atoms with Gasteiger partial charge in [0.1, 0.15) is 16.4 Å². The molecule has 4 aromatic carbocycles. The molecule has 1 fully saturated rings. The van der Waals surface area contributed by atoms with Gasteiger partial charge in [-0.15, -0.1) is 11.3 Å². The molecule has 2 amide bonds. The lowest BCUT2D eigenvalue weighted by molar-refractivity contribution is -0.142. The van der Waals surface area contributed by atoms with Gasteiger partial charge in [-0.3, -0.25) is 20.2 Å². The van der Waals surface area contributed by atoms with Crippen molar-refractivity contribution in [3.05, 3.63) is 117 Å². The molecule has 50 heavy (non-hydrogen) atoms. The molecule has 3 heterocycles. The maximum atomic E-state index is 15.0. The summed E-state index contributed by atoms with van der Waals surface area (Å²) in [5, 5.41) is 6.13. The Hall–Kier alpha value is -5.08. The van der Waals surface area contributed by atoms with Gasteiger partial charge in [0, 0.05) is 21.1 Å². The Morgan fingerprint density at radius 1 is 0.780 bits per heavy atom. The molecule has 2 aliphatic rings. The van der Waals surface area contributed by atoms with E-state index in [9.17, 15) is 35.9 Å². The molecular formula is C36H22F7N3O2S2. The second-order valence-electron chi connectivity index (χ2n) is 12.2. The maximum Gasteiger partial charge on any atom is 0.417 e. The van der Waals surface area contributed by atoms with Crippen molar-refractivity contribution in [2.45, 2.75) is 31.6 Å². The van der Waals surface area contributed by atoms with Crippen LogP contribution in [-0.4, -0.2) is 16.9 Å². The molecule has 14 heteroatoms. The lowest BCUT2D eigenvalue weighted by Crippen LogP contribution is -2.51. The number of thiocarbonyl (C=S) groups is 1. The normalized spacial score (nSPS) is 15.8. The molecule has 1 aromatic heterocycles. The zero-order chi connectivity index (χ0) is 35.9. The van der Waals surface area contributed by atoms with Gasteiger partial charge in [0.05, 0.1) is 22.5 Å². The molecule has 0 saturated carbocycles. The van der Waals surface area contributed by atoms with Crippen LogP contribution in [0.2, 0.25) is 0 Å². The summed E-state index contributed by atoms with van der Waals surface area (Å²) >= 11 is 6.13. The van der Waals surface area contributed by atoms with Crippen LogP contribution in [0.4, 0.5) is 47.1 Å². The van der Waals surface area contributed by atoms with Gasteiger partial charge in [-0.2, -0.15) is 26.3 Å². The Morgan fingerprint density at radius 2 is 1.44 bits per heavy atom. The first-order chi connectivity index (χ1) is 23.4. The third-order valence-corrected chi connectivity index (χ3v) is 10.1. The van der Waals surface area contributed by atoms with Gasteiger partial charge in [-0.1, -0.05) is 50.2 Å². The molecule has 0 radical (unpaired) electrons. The number of hydrogen-bond acceptors (Lipinski definition) is 5. The van der Waals surface area contributed by atoms with Crippen LogP contribution in [0.15, 0.2) is 84.4 Å². The van der Waals surface area contributed by atoms with Crippen LogP contribution in [0.25, 0.3) is 28.0 Å². The second kappa shape index (κ2) is 11.5. The molecule has 0 unspecified atom stereocenters. The van der Waals surface area contributed by atoms with E-state index < -0.39 is 52.1 Å². The molecule has 1 saturated heterocycles. The summed E-state index contributed by atoms with van der Waals surface area (Å²) in [6.45, 7) is 3.68. The summed E-state index contributed by atoms with van der Waals surface area (Å²) in [5.74, 6) is -1.87. The van der Waals surface area contributed by atoms with Crippen molar-refractivity contribution in [3.63, 3.8) is 0 Å². The Balaban J connectivity index is 1.47. The van der Waals surface area contributed by atoms with Gasteiger partial charge >= 0.3 is 12.4 Å². The SMILES string of the molecule is CC1(C)c2cc(-c3ccc(C(F)(F)F)cc3C(F)(F)F)ccc2N(c2ccc(F)c3ccccc23)c2sc(C=C3C(=O)NC(=S)NC3=O)cc21. The summed E-state index contributed by atoms with van der Waals surface area (Å²) in [6.07, 6.45) is -8.67. The van der Waals surface area contributed by atoms with Crippen LogP contribution >= 0.6 is 23.6 Å². The molecular weight excluding hydrogens is 704 g/mol. The van der Waals surface area contributed by atoms with Crippen LogP contribution in [0.3, 0.4) is 0 Å². The number of nitrogens with zero attached hydrogens (tertiary/aromatic N) is 1. The van der Waals surface area contributed by atoms with Crippen LogP contribution in [-0.2, 0) is 27.4 Å². The van der Waals surface area contributed by atoms with E-state index in [0.29, 0.717) is 49.2 Å². The van der Waals surface area contributed by atoms with Gasteiger partial charge in [0.2, 0.25) is 0 Å². The third kappa shape index (κ3) is 5.52. The Kier molecular flexibility index (Phi) is 7.68. The number of hydrogen-bond donors (Lipinski definition) is 2. The first-order valence-corrected chi connectivity index (χ1v) is 16.1. The summed E-state index contributed by atoms with van der Waals surface area (Å²) in [7, 11) is 0. The van der Waals surface area contributed by atoms with Crippen molar-refractivity contribution in [1.82, 2.24) is 10.6 Å². The standard InChI is InChI=1S/C36H22F7N3O2S2/c1-34(2)25-13-17(20-9-8-18(35(38,39)40)14-24(20)36(41,42)43)7-11-29(25)46(28-12-10-27(37)21-5-3-4-6-22(21)28)32-26(34)16-19(50-32)15-23-30(47)44-33(49)45-31(23)48/h3-16H,1-2H3,(H2,44,45,47,48,49). The minimum Gasteiger partial charge on any atom is -0.301 e. The topological polar surface area (TPSA) is 61.4 Å². The molecule has 2 N–H and O–H groups in total. The van der Waals surface area contributed by atoms with Gasteiger partial charge < -0.3 is 4.90 Å². The molecule has 0 aliphatic carbocycles. The highest BCUT2D eigenvalue weighted by atomic mass is 32.1. The number of alkyl halides is 6. The van der Waals surface area contributed by atoms with E-state index in [1.54, 1.807) is 42.5 Å². The third-order valence-electron chi connectivity index (χ3n) is 8.80. The molecule has 7 rings (SSSR count). The van der Waals surface area contributed by atoms with Crippen LogP contribution in [0, 0.1) is 5.82 Å². The fourth-order valence-electron chi connectivity index (χ4n) is 6.37. The predicted molar refractivity (Wildman–Crippen MR) is 181 cm³/mol. The van der Waals surface area contributed by atoms with Crippen molar-refractivity contribution in [2.24, 2.45) is 0 Å². The Bertz CT molecular complexity index is 2300. The number of thiophene rings is 1. The van der Waals surface area contributed by atoms with Crippen LogP contribution in [0.5, 0.6) is 0 Å². The van der Waals surface area contributed by atoms with E-state index in [0.717, 1.165) is 6.07 Å². The number of carbonyl (C=O) groups excluding carboxylic acids is 2. The Labute approximate surface area is 289 Å². The monoisotopic (exact) mass is 725 g/mol. The predicted octanol–water partition coefficient (Wildman–Crippen LogP) is 9.77. The van der Waals surface area contributed by atoms with E-state index in [4.69, 9.17) is 12.2 Å². The zero-order valence-electron chi connectivity index (χ0n) is 25.8. The highest BCUT2D eigenvalue weighted by molar-refractivity contribution is 7.80. The van der Waals surface area contributed by atoms with E-state index in [1.165, 1.54) is 35.6 Å². The molecule has 0 bridgehead atoms. The van der Waals surface area contributed by atoms with Gasteiger partial charge in [0.25, 0.3) is 11.8 Å². The molecule has 0 spiro atoms. The molecule has 2 aliphatic heterocycles. The molecule has 0 atom stereocenters. The summed E-state index contributed by atoms with van der Waals surface area (Å²) in [4.78, 5) is 27.7. The van der Waals surface area contributed by atoms with E-state index in [-0.39, 0.29) is 22.3 Å². The molecule has 5 aromatic rings. The number of halogens is 7. The van der Waals surface area contributed by atoms with E-state index in [1.807, 2.05) is 18.7 Å². The number of benzene rings is 4. The largest absolute Gasteiger partial charge is 0.417 e. The fourth-order valence-corrected chi connectivity index (χ4v) is 7.85. The van der Waals surface area contributed by atoms with Crippen molar-refractivity contribution in [3.8, 4) is 11.1 Å². The van der Waals surface area contributed by atoms with Gasteiger partial charge in [0.15, 0.2) is 5.11 Å².